The molecule has 25 heavy (non-hydrogen) atoms. The molecule has 0 aromatic heterocycles. The molecule has 130 valence electrons. The summed E-state index contributed by atoms with van der Waals surface area (Å²) in [5.41, 5.74) is 3.70. The van der Waals surface area contributed by atoms with Gasteiger partial charge in [-0.25, -0.2) is 0 Å². The maximum absolute atomic E-state index is 12.2. The molecule has 0 aliphatic rings. The van der Waals surface area contributed by atoms with Crippen LogP contribution < -0.4 is 10.6 Å². The number of hydrogen-bond acceptors (Lipinski definition) is 3. The summed E-state index contributed by atoms with van der Waals surface area (Å²) >= 11 is 1.67. The molecular formula is C20H22N2O2S. The van der Waals surface area contributed by atoms with E-state index in [-0.39, 0.29) is 11.8 Å². The van der Waals surface area contributed by atoms with Gasteiger partial charge >= 0.3 is 0 Å². The van der Waals surface area contributed by atoms with Gasteiger partial charge in [-0.1, -0.05) is 24.8 Å². The quantitative estimate of drug-likeness (QED) is 0.572. The van der Waals surface area contributed by atoms with E-state index in [4.69, 9.17) is 0 Å². The Morgan fingerprint density at radius 1 is 1.12 bits per heavy atom. The maximum atomic E-state index is 12.2. The lowest BCUT2D eigenvalue weighted by Crippen LogP contribution is -2.13. The molecule has 2 aromatic carbocycles. The zero-order valence-corrected chi connectivity index (χ0v) is 15.3. The second-order valence-electron chi connectivity index (χ2n) is 5.57. The molecular weight excluding hydrogens is 332 g/mol. The topological polar surface area (TPSA) is 58.2 Å². The highest BCUT2D eigenvalue weighted by molar-refractivity contribution is 7.98. The lowest BCUT2D eigenvalue weighted by atomic mass is 10.1. The van der Waals surface area contributed by atoms with Crippen LogP contribution in [0.5, 0.6) is 0 Å². The number of benzene rings is 2. The molecule has 0 bridgehead atoms. The van der Waals surface area contributed by atoms with Crippen molar-refractivity contribution in [3.8, 4) is 0 Å². The van der Waals surface area contributed by atoms with Crippen LogP contribution in [0, 0.1) is 6.92 Å². The van der Waals surface area contributed by atoms with E-state index in [1.165, 1.54) is 6.08 Å². The smallest absolute Gasteiger partial charge is 0.247 e. The molecule has 0 aliphatic carbocycles. The summed E-state index contributed by atoms with van der Waals surface area (Å²) in [4.78, 5) is 24.6. The van der Waals surface area contributed by atoms with E-state index in [2.05, 4.69) is 17.2 Å². The van der Waals surface area contributed by atoms with Crippen LogP contribution in [0.25, 0.3) is 0 Å². The van der Waals surface area contributed by atoms with E-state index in [9.17, 15) is 9.59 Å². The molecule has 0 radical (unpaired) electrons. The lowest BCUT2D eigenvalue weighted by Gasteiger charge is -2.11. The third-order valence-electron chi connectivity index (χ3n) is 3.83. The van der Waals surface area contributed by atoms with Crippen molar-refractivity contribution in [3.05, 3.63) is 66.2 Å². The number of amides is 2. The highest BCUT2D eigenvalue weighted by atomic mass is 32.2. The fourth-order valence-electron chi connectivity index (χ4n) is 2.39. The minimum Gasteiger partial charge on any atom is -0.326 e. The normalized spacial score (nSPS) is 10.2. The van der Waals surface area contributed by atoms with E-state index in [1.54, 1.807) is 11.8 Å². The number of hydrogen-bond donors (Lipinski definition) is 2. The Morgan fingerprint density at radius 3 is 2.48 bits per heavy atom. The Hall–Kier alpha value is -2.53. The number of carbonyl (C=O) groups is 2. The van der Waals surface area contributed by atoms with Crippen molar-refractivity contribution in [1.82, 2.24) is 0 Å². The van der Waals surface area contributed by atoms with Crippen LogP contribution >= 0.6 is 11.8 Å². The summed E-state index contributed by atoms with van der Waals surface area (Å²) in [6, 6.07) is 13.4. The zero-order valence-electron chi connectivity index (χ0n) is 14.5. The van der Waals surface area contributed by atoms with Gasteiger partial charge < -0.3 is 10.6 Å². The summed E-state index contributed by atoms with van der Waals surface area (Å²) in [5.74, 6) is -0.250. The monoisotopic (exact) mass is 354 g/mol. The number of anilines is 2. The summed E-state index contributed by atoms with van der Waals surface area (Å²) in [5, 5.41) is 5.68. The second kappa shape index (κ2) is 9.08. The predicted octanol–water partition coefficient (Wildman–Crippen LogP) is 4.41. The van der Waals surface area contributed by atoms with Crippen LogP contribution in [-0.2, 0) is 16.0 Å². The summed E-state index contributed by atoms with van der Waals surface area (Å²) < 4.78 is 0. The fourth-order valence-corrected chi connectivity index (χ4v) is 3.02. The molecule has 0 fully saturated rings. The van der Waals surface area contributed by atoms with Crippen molar-refractivity contribution < 1.29 is 9.59 Å². The van der Waals surface area contributed by atoms with Crippen LogP contribution in [0.3, 0.4) is 0 Å². The van der Waals surface area contributed by atoms with E-state index in [0.717, 1.165) is 21.7 Å². The standard InChI is InChI=1S/C20H22N2O2S/c1-4-19(23)21-16-11-8-15(9-12-16)10-13-20(24)22-17-6-5-7-18(25-3)14(17)2/h4-9,11-12H,1,10,13H2,2-3H3,(H,21,23)(H,22,24). The molecule has 2 rings (SSSR count). The number of nitrogens with one attached hydrogen (secondary N) is 2. The third kappa shape index (κ3) is 5.50. The average molecular weight is 354 g/mol. The Bertz CT molecular complexity index is 770. The molecule has 5 heteroatoms. The van der Waals surface area contributed by atoms with Gasteiger partial charge in [0.15, 0.2) is 0 Å². The number of carbonyl (C=O) groups excluding carboxylic acids is 2. The van der Waals surface area contributed by atoms with Crippen molar-refractivity contribution in [2.75, 3.05) is 16.9 Å². The van der Waals surface area contributed by atoms with Crippen molar-refractivity contribution in [3.63, 3.8) is 0 Å². The summed E-state index contributed by atoms with van der Waals surface area (Å²) in [6.07, 6.45) is 4.30. The van der Waals surface area contributed by atoms with Gasteiger partial charge in [0, 0.05) is 22.7 Å². The van der Waals surface area contributed by atoms with Crippen molar-refractivity contribution >= 4 is 35.0 Å². The van der Waals surface area contributed by atoms with Crippen molar-refractivity contribution in [2.45, 2.75) is 24.7 Å². The van der Waals surface area contributed by atoms with Crippen LogP contribution in [0.2, 0.25) is 0 Å². The first-order valence-corrected chi connectivity index (χ1v) is 9.21. The maximum Gasteiger partial charge on any atom is 0.247 e. The molecule has 0 atom stereocenters. The molecule has 0 unspecified atom stereocenters. The SMILES string of the molecule is C=CC(=O)Nc1ccc(CCC(=O)Nc2cccc(SC)c2C)cc1. The Balaban J connectivity index is 1.90. The van der Waals surface area contributed by atoms with Crippen LogP contribution in [0.4, 0.5) is 11.4 Å². The molecule has 0 aliphatic heterocycles. The number of aryl methyl sites for hydroxylation is 1. The van der Waals surface area contributed by atoms with Gasteiger partial charge in [0.2, 0.25) is 11.8 Å². The minimum absolute atomic E-state index is 0.00890. The van der Waals surface area contributed by atoms with Gasteiger partial charge in [0.1, 0.15) is 0 Å². The van der Waals surface area contributed by atoms with Gasteiger partial charge in [-0.05, 0) is 61.1 Å². The second-order valence-corrected chi connectivity index (χ2v) is 6.42. The molecule has 2 N–H and O–H groups in total. The zero-order chi connectivity index (χ0) is 18.2. The van der Waals surface area contributed by atoms with Crippen LogP contribution in [0.15, 0.2) is 60.0 Å². The molecule has 4 nitrogen and oxygen atoms in total. The van der Waals surface area contributed by atoms with Gasteiger partial charge in [-0.3, -0.25) is 9.59 Å². The van der Waals surface area contributed by atoms with E-state index in [1.807, 2.05) is 55.6 Å². The van der Waals surface area contributed by atoms with Gasteiger partial charge in [-0.15, -0.1) is 11.8 Å². The van der Waals surface area contributed by atoms with Crippen LogP contribution in [-0.4, -0.2) is 18.1 Å². The first kappa shape index (κ1) is 18.8. The van der Waals surface area contributed by atoms with Gasteiger partial charge in [0.25, 0.3) is 0 Å². The summed E-state index contributed by atoms with van der Waals surface area (Å²) in [7, 11) is 0. The minimum atomic E-state index is -0.241. The molecule has 0 spiro atoms. The Morgan fingerprint density at radius 2 is 1.84 bits per heavy atom. The van der Waals surface area contributed by atoms with Gasteiger partial charge in [0.05, 0.1) is 0 Å². The van der Waals surface area contributed by atoms with E-state index < -0.39 is 0 Å². The summed E-state index contributed by atoms with van der Waals surface area (Å²) in [6.45, 7) is 5.43. The van der Waals surface area contributed by atoms with Crippen molar-refractivity contribution in [2.24, 2.45) is 0 Å². The van der Waals surface area contributed by atoms with Gasteiger partial charge in [-0.2, -0.15) is 0 Å². The molecule has 0 saturated carbocycles. The molecule has 2 amide bonds. The van der Waals surface area contributed by atoms with Crippen LogP contribution in [0.1, 0.15) is 17.5 Å². The average Bonchev–Trinajstić information content (AvgIpc) is 2.62. The first-order valence-electron chi connectivity index (χ1n) is 7.99. The first-order chi connectivity index (χ1) is 12.0. The van der Waals surface area contributed by atoms with E-state index in [0.29, 0.717) is 18.5 Å². The third-order valence-corrected chi connectivity index (χ3v) is 4.71. The number of thioether (sulfide) groups is 1. The largest absolute Gasteiger partial charge is 0.326 e. The highest BCUT2D eigenvalue weighted by Crippen LogP contribution is 2.26. The Kier molecular flexibility index (Phi) is 6.83. The fraction of sp³-hybridized carbons (Fsp3) is 0.200. The molecule has 0 heterocycles. The molecule has 2 aromatic rings. The Labute approximate surface area is 152 Å². The van der Waals surface area contributed by atoms with Crippen molar-refractivity contribution in [1.29, 1.82) is 0 Å². The highest BCUT2D eigenvalue weighted by Gasteiger charge is 2.08. The molecule has 0 saturated heterocycles. The lowest BCUT2D eigenvalue weighted by molar-refractivity contribution is -0.116. The van der Waals surface area contributed by atoms with E-state index >= 15 is 0 Å². The number of rotatable bonds is 7. The predicted molar refractivity (Wildman–Crippen MR) is 105 cm³/mol.